The Morgan fingerprint density at radius 2 is 1.76 bits per heavy atom. The molecule has 1 saturated heterocycles. The number of hydrogen-bond donors (Lipinski definition) is 4. The molecule has 0 amide bonds. The van der Waals surface area contributed by atoms with Gasteiger partial charge in [0.15, 0.2) is 11.9 Å². The largest absolute Gasteiger partial charge is 0.479 e. The van der Waals surface area contributed by atoms with Crippen LogP contribution in [0.25, 0.3) is 0 Å². The quantitative estimate of drug-likeness (QED) is 0.238. The fraction of sp³-hybridized carbons (Fsp3) is 0.636. The summed E-state index contributed by atoms with van der Waals surface area (Å²) >= 11 is 0. The molecule has 1 aromatic carbocycles. The molecule has 6 unspecified atom stereocenters. The van der Waals surface area contributed by atoms with Gasteiger partial charge in [0.1, 0.15) is 24.4 Å². The molecule has 190 valence electrons. The first-order chi connectivity index (χ1) is 15.6. The van der Waals surface area contributed by atoms with E-state index in [1.165, 1.54) is 12.1 Å². The average molecular weight is 485 g/mol. The van der Waals surface area contributed by atoms with Crippen LogP contribution in [-0.2, 0) is 19.1 Å². The minimum absolute atomic E-state index is 0.283. The predicted octanol–water partition coefficient (Wildman–Crippen LogP) is 1.54. The fourth-order valence-electron chi connectivity index (χ4n) is 3.31. The van der Waals surface area contributed by atoms with E-state index in [1.54, 1.807) is 13.8 Å². The van der Waals surface area contributed by atoms with E-state index in [1.807, 2.05) is 20.8 Å². The molecule has 34 heavy (non-hydrogen) atoms. The number of ether oxygens (including phenoxy) is 3. The second-order valence-electron chi connectivity index (χ2n) is 9.68. The molecule has 1 heterocycles. The van der Waals surface area contributed by atoms with Crippen LogP contribution in [0.2, 0.25) is 0 Å². The maximum atomic E-state index is 12.2. The Hall–Kier alpha value is -2.80. The summed E-state index contributed by atoms with van der Waals surface area (Å²) in [5, 5.41) is 50.8. The lowest BCUT2D eigenvalue weighted by atomic mass is 9.86. The van der Waals surface area contributed by atoms with Crippen molar-refractivity contribution in [3.05, 3.63) is 33.9 Å². The summed E-state index contributed by atoms with van der Waals surface area (Å²) < 4.78 is 16.0. The summed E-state index contributed by atoms with van der Waals surface area (Å²) in [5.41, 5.74) is -0.499. The Kier molecular flexibility index (Phi) is 8.59. The maximum Gasteiger partial charge on any atom is 0.335 e. The maximum absolute atomic E-state index is 12.2. The molecule has 1 aliphatic heterocycles. The van der Waals surface area contributed by atoms with E-state index in [9.17, 15) is 35.0 Å². The molecule has 4 N–H and O–H groups in total. The van der Waals surface area contributed by atoms with Crippen LogP contribution >= 0.6 is 0 Å². The fourth-order valence-corrected chi connectivity index (χ4v) is 3.31. The molecule has 0 aromatic heterocycles. The molecule has 1 aliphatic rings. The summed E-state index contributed by atoms with van der Waals surface area (Å²) in [6, 6.07) is 3.81. The molecule has 2 rings (SSSR count). The number of aliphatic carboxylic acids is 1. The van der Waals surface area contributed by atoms with Crippen molar-refractivity contribution in [2.75, 3.05) is 0 Å². The summed E-state index contributed by atoms with van der Waals surface area (Å²) in [6.07, 6.45) is -9.89. The highest BCUT2D eigenvalue weighted by Crippen LogP contribution is 2.38. The van der Waals surface area contributed by atoms with E-state index in [0.29, 0.717) is 12.0 Å². The number of nitrogens with zero attached hydrogens (tertiary/aromatic N) is 1. The molecule has 12 heteroatoms. The average Bonchev–Trinajstić information content (AvgIpc) is 2.72. The number of rotatable bonds is 8. The molecular weight excluding hydrogens is 454 g/mol. The summed E-state index contributed by atoms with van der Waals surface area (Å²) in [5.74, 6) is -2.87. The normalized spacial score (nSPS) is 26.1. The summed E-state index contributed by atoms with van der Waals surface area (Å²) in [4.78, 5) is 34.5. The third-order valence-electron chi connectivity index (χ3n) is 5.14. The summed E-state index contributed by atoms with van der Waals surface area (Å²) in [6.45, 7) is 9.11. The molecule has 6 atom stereocenters. The van der Waals surface area contributed by atoms with E-state index in [-0.39, 0.29) is 11.2 Å². The van der Waals surface area contributed by atoms with E-state index < -0.39 is 65.3 Å². The molecule has 0 radical (unpaired) electrons. The van der Waals surface area contributed by atoms with Crippen molar-refractivity contribution in [3.8, 4) is 5.75 Å². The van der Waals surface area contributed by atoms with Gasteiger partial charge in [-0.05, 0) is 23.5 Å². The second-order valence-corrected chi connectivity index (χ2v) is 9.68. The van der Waals surface area contributed by atoms with E-state index in [4.69, 9.17) is 19.3 Å². The van der Waals surface area contributed by atoms with Gasteiger partial charge in [-0.25, -0.2) is 4.79 Å². The Labute approximate surface area is 196 Å². The third-order valence-corrected chi connectivity index (χ3v) is 5.14. The first kappa shape index (κ1) is 27.4. The number of carbonyl (C=O) groups excluding carboxylic acids is 1. The lowest BCUT2D eigenvalue weighted by Gasteiger charge is -2.38. The van der Waals surface area contributed by atoms with Gasteiger partial charge in [0.25, 0.3) is 0 Å². The molecular formula is C22H31NO11. The van der Waals surface area contributed by atoms with Gasteiger partial charge in [-0.3, -0.25) is 14.9 Å². The predicted molar refractivity (Wildman–Crippen MR) is 116 cm³/mol. The van der Waals surface area contributed by atoms with E-state index in [2.05, 4.69) is 0 Å². The van der Waals surface area contributed by atoms with Crippen LogP contribution in [-0.4, -0.2) is 68.0 Å². The van der Waals surface area contributed by atoms with E-state index in [0.717, 1.165) is 6.07 Å². The number of carbonyl (C=O) groups is 2. The molecule has 12 nitrogen and oxygen atoms in total. The third kappa shape index (κ3) is 6.63. The van der Waals surface area contributed by atoms with Gasteiger partial charge in [0.05, 0.1) is 10.8 Å². The smallest absolute Gasteiger partial charge is 0.335 e. The Bertz CT molecular complexity index is 911. The van der Waals surface area contributed by atoms with Crippen molar-refractivity contribution in [1.29, 1.82) is 0 Å². The van der Waals surface area contributed by atoms with Gasteiger partial charge >= 0.3 is 17.6 Å². The van der Waals surface area contributed by atoms with Crippen molar-refractivity contribution < 1.29 is 49.1 Å². The number of aliphatic hydroxyl groups excluding tert-OH is 3. The first-order valence-corrected chi connectivity index (χ1v) is 10.7. The molecule has 1 fully saturated rings. The molecule has 0 aliphatic carbocycles. The Balaban J connectivity index is 2.39. The SMILES string of the molecule is CC(C)C(=O)OC(CC(C)(C)C)c1ccc(OC2OC(C(=O)O)C(O)C(O)C2O)c([N+](=O)[O-])c1. The van der Waals surface area contributed by atoms with Gasteiger partial charge in [0.2, 0.25) is 6.29 Å². The second kappa shape index (κ2) is 10.6. The minimum Gasteiger partial charge on any atom is -0.479 e. The van der Waals surface area contributed by atoms with Gasteiger partial charge in [-0.2, -0.15) is 0 Å². The zero-order chi connectivity index (χ0) is 26.0. The molecule has 0 saturated carbocycles. The number of carboxylic acids is 1. The lowest BCUT2D eigenvalue weighted by molar-refractivity contribution is -0.387. The van der Waals surface area contributed by atoms with Crippen molar-refractivity contribution in [2.24, 2.45) is 11.3 Å². The molecule has 0 bridgehead atoms. The number of hydrogen-bond acceptors (Lipinski definition) is 10. The number of aliphatic hydroxyl groups is 3. The van der Waals surface area contributed by atoms with Gasteiger partial charge in [-0.1, -0.05) is 40.7 Å². The number of benzene rings is 1. The van der Waals surface area contributed by atoms with Gasteiger partial charge < -0.3 is 34.6 Å². The monoisotopic (exact) mass is 485 g/mol. The van der Waals surface area contributed by atoms with Crippen molar-refractivity contribution in [1.82, 2.24) is 0 Å². The molecule has 0 spiro atoms. The Morgan fingerprint density at radius 1 is 1.15 bits per heavy atom. The van der Waals surface area contributed by atoms with Crippen LogP contribution in [0.5, 0.6) is 5.75 Å². The van der Waals surface area contributed by atoms with Crippen molar-refractivity contribution in [3.63, 3.8) is 0 Å². The van der Waals surface area contributed by atoms with Crippen molar-refractivity contribution >= 4 is 17.6 Å². The van der Waals surface area contributed by atoms with Crippen LogP contribution < -0.4 is 4.74 Å². The van der Waals surface area contributed by atoms with Crippen LogP contribution in [0.15, 0.2) is 18.2 Å². The highest BCUT2D eigenvalue weighted by Gasteiger charge is 2.48. The standard InChI is InChI=1S/C22H31NO11/c1-10(2)20(29)32-14(9-22(3,4)5)11-6-7-13(12(8-11)23(30)31)33-21-17(26)15(24)16(25)18(34-21)19(27)28/h6-8,10,14-18,21,24-26H,9H2,1-5H3,(H,27,28). The first-order valence-electron chi connectivity index (χ1n) is 10.7. The Morgan fingerprint density at radius 3 is 2.26 bits per heavy atom. The van der Waals surface area contributed by atoms with Gasteiger partial charge in [0, 0.05) is 6.07 Å². The number of nitro groups is 1. The topological polar surface area (TPSA) is 186 Å². The van der Waals surface area contributed by atoms with Crippen molar-refractivity contribution in [2.45, 2.75) is 77.8 Å². The molecule has 1 aromatic rings. The zero-order valence-corrected chi connectivity index (χ0v) is 19.6. The number of esters is 1. The minimum atomic E-state index is -1.93. The van der Waals surface area contributed by atoms with Gasteiger partial charge in [-0.15, -0.1) is 0 Å². The van der Waals surface area contributed by atoms with Crippen LogP contribution in [0.1, 0.15) is 52.7 Å². The zero-order valence-electron chi connectivity index (χ0n) is 19.6. The van der Waals surface area contributed by atoms with Crippen LogP contribution in [0.4, 0.5) is 5.69 Å². The van der Waals surface area contributed by atoms with E-state index >= 15 is 0 Å². The van der Waals surface area contributed by atoms with Crippen LogP contribution in [0.3, 0.4) is 0 Å². The lowest BCUT2D eigenvalue weighted by Crippen LogP contribution is -2.61. The number of nitro benzene ring substituents is 1. The number of carboxylic acid groups (broad SMARTS) is 1. The summed E-state index contributed by atoms with van der Waals surface area (Å²) in [7, 11) is 0. The highest BCUT2D eigenvalue weighted by atomic mass is 16.7. The highest BCUT2D eigenvalue weighted by molar-refractivity contribution is 5.73. The van der Waals surface area contributed by atoms with Crippen LogP contribution in [0, 0.1) is 21.4 Å².